The quantitative estimate of drug-likeness (QED) is 0.527. The smallest absolute Gasteiger partial charge is 0.329 e. The number of carbonyl (C=O) groups excluding carboxylic acids is 2. The SMILES string of the molecule is CC(C)CC(NC(=O)c1ccc(Cl)cc1)C(=O)OCc1csc(-c2cnn(C)c2)n1. The number of aromatic nitrogens is 3. The van der Waals surface area contributed by atoms with Crippen LogP contribution in [0.25, 0.3) is 10.6 Å². The number of nitrogens with one attached hydrogen (secondary N) is 1. The van der Waals surface area contributed by atoms with Gasteiger partial charge in [0.25, 0.3) is 5.91 Å². The average molecular weight is 447 g/mol. The number of ether oxygens (including phenoxy) is 1. The minimum absolute atomic E-state index is 0.0427. The van der Waals surface area contributed by atoms with Gasteiger partial charge in [0.2, 0.25) is 0 Å². The molecule has 0 aliphatic carbocycles. The molecule has 1 amide bonds. The number of nitrogens with zero attached hydrogens (tertiary/aromatic N) is 3. The van der Waals surface area contributed by atoms with Crippen molar-refractivity contribution >= 4 is 34.8 Å². The van der Waals surface area contributed by atoms with Crippen molar-refractivity contribution in [2.45, 2.75) is 32.9 Å². The Morgan fingerprint density at radius 2 is 2.00 bits per heavy atom. The van der Waals surface area contributed by atoms with Crippen LogP contribution in [0, 0.1) is 5.92 Å². The van der Waals surface area contributed by atoms with E-state index in [2.05, 4.69) is 15.4 Å². The molecule has 30 heavy (non-hydrogen) atoms. The van der Waals surface area contributed by atoms with Gasteiger partial charge in [0, 0.05) is 34.8 Å². The molecular formula is C21H23ClN4O3S. The van der Waals surface area contributed by atoms with Crippen LogP contribution in [0.4, 0.5) is 0 Å². The van der Waals surface area contributed by atoms with Crippen molar-refractivity contribution in [3.63, 3.8) is 0 Å². The molecule has 0 saturated heterocycles. The molecule has 0 aliphatic heterocycles. The van der Waals surface area contributed by atoms with Crippen molar-refractivity contribution in [2.75, 3.05) is 0 Å². The van der Waals surface area contributed by atoms with Crippen LogP contribution in [0.5, 0.6) is 0 Å². The minimum Gasteiger partial charge on any atom is -0.458 e. The van der Waals surface area contributed by atoms with E-state index in [1.165, 1.54) is 11.3 Å². The summed E-state index contributed by atoms with van der Waals surface area (Å²) < 4.78 is 7.15. The summed E-state index contributed by atoms with van der Waals surface area (Å²) in [6.07, 6.45) is 4.08. The molecule has 0 spiro atoms. The number of aryl methyl sites for hydroxylation is 1. The van der Waals surface area contributed by atoms with Crippen molar-refractivity contribution in [2.24, 2.45) is 13.0 Å². The van der Waals surface area contributed by atoms with Gasteiger partial charge in [-0.3, -0.25) is 9.48 Å². The summed E-state index contributed by atoms with van der Waals surface area (Å²) >= 11 is 7.33. The van der Waals surface area contributed by atoms with Crippen molar-refractivity contribution in [3.8, 4) is 10.6 Å². The summed E-state index contributed by atoms with van der Waals surface area (Å²) in [5.74, 6) is -0.631. The monoisotopic (exact) mass is 446 g/mol. The highest BCUT2D eigenvalue weighted by Gasteiger charge is 2.24. The second-order valence-corrected chi connectivity index (χ2v) is 8.61. The van der Waals surface area contributed by atoms with E-state index >= 15 is 0 Å². The lowest BCUT2D eigenvalue weighted by atomic mass is 10.0. The highest BCUT2D eigenvalue weighted by atomic mass is 35.5. The minimum atomic E-state index is -0.746. The fourth-order valence-electron chi connectivity index (χ4n) is 2.81. The molecule has 1 aromatic carbocycles. The third kappa shape index (κ3) is 5.90. The van der Waals surface area contributed by atoms with Gasteiger partial charge in [0.1, 0.15) is 17.7 Å². The molecule has 0 radical (unpaired) electrons. The third-order valence-corrected chi connectivity index (χ3v) is 5.46. The molecule has 1 N–H and O–H groups in total. The Bertz CT molecular complexity index is 1010. The summed E-state index contributed by atoms with van der Waals surface area (Å²) in [6, 6.07) is 5.75. The topological polar surface area (TPSA) is 86.1 Å². The molecule has 158 valence electrons. The number of carbonyl (C=O) groups is 2. The Hall–Kier alpha value is -2.71. The van der Waals surface area contributed by atoms with Crippen LogP contribution in [-0.2, 0) is 23.2 Å². The van der Waals surface area contributed by atoms with Crippen LogP contribution in [0.3, 0.4) is 0 Å². The summed E-state index contributed by atoms with van der Waals surface area (Å²) in [5.41, 5.74) is 1.99. The first-order chi connectivity index (χ1) is 14.3. The summed E-state index contributed by atoms with van der Waals surface area (Å²) in [4.78, 5) is 29.7. The molecule has 1 atom stereocenters. The molecule has 0 aliphatic rings. The Kier molecular flexibility index (Phi) is 7.23. The van der Waals surface area contributed by atoms with Crippen LogP contribution in [0.1, 0.15) is 36.3 Å². The average Bonchev–Trinajstić information content (AvgIpc) is 3.34. The molecule has 9 heteroatoms. The predicted molar refractivity (Wildman–Crippen MR) is 116 cm³/mol. The van der Waals surface area contributed by atoms with Crippen LogP contribution in [0.15, 0.2) is 42.0 Å². The molecule has 2 aromatic heterocycles. The first kappa shape index (κ1) is 22.0. The lowest BCUT2D eigenvalue weighted by Crippen LogP contribution is -2.42. The number of halogens is 1. The van der Waals surface area contributed by atoms with E-state index in [-0.39, 0.29) is 18.4 Å². The molecule has 0 fully saturated rings. The standard InChI is InChI=1S/C21H23ClN4O3S/c1-13(2)8-18(25-19(27)14-4-6-16(22)7-5-14)21(28)29-11-17-12-30-20(24-17)15-9-23-26(3)10-15/h4-7,9-10,12-13,18H,8,11H2,1-3H3,(H,25,27). The third-order valence-electron chi connectivity index (χ3n) is 4.27. The highest BCUT2D eigenvalue weighted by molar-refractivity contribution is 7.13. The van der Waals surface area contributed by atoms with Crippen molar-refractivity contribution in [1.29, 1.82) is 0 Å². The molecule has 0 saturated carbocycles. The molecular weight excluding hydrogens is 424 g/mol. The zero-order valence-corrected chi connectivity index (χ0v) is 18.5. The Labute approximate surface area is 184 Å². The van der Waals surface area contributed by atoms with E-state index in [1.807, 2.05) is 32.5 Å². The van der Waals surface area contributed by atoms with Gasteiger partial charge < -0.3 is 10.1 Å². The van der Waals surface area contributed by atoms with E-state index in [4.69, 9.17) is 16.3 Å². The first-order valence-electron chi connectivity index (χ1n) is 9.48. The second kappa shape index (κ2) is 9.86. The van der Waals surface area contributed by atoms with Gasteiger partial charge in [0.05, 0.1) is 11.9 Å². The van der Waals surface area contributed by atoms with E-state index in [1.54, 1.807) is 35.1 Å². The van der Waals surface area contributed by atoms with Gasteiger partial charge in [-0.2, -0.15) is 5.10 Å². The van der Waals surface area contributed by atoms with Crippen molar-refractivity contribution in [3.05, 3.63) is 58.3 Å². The lowest BCUT2D eigenvalue weighted by Gasteiger charge is -2.19. The molecule has 3 rings (SSSR count). The maximum Gasteiger partial charge on any atom is 0.329 e. The Balaban J connectivity index is 1.61. The zero-order valence-electron chi connectivity index (χ0n) is 17.0. The zero-order chi connectivity index (χ0) is 21.7. The number of amides is 1. The van der Waals surface area contributed by atoms with Gasteiger partial charge in [-0.1, -0.05) is 25.4 Å². The van der Waals surface area contributed by atoms with E-state index in [9.17, 15) is 9.59 Å². The van der Waals surface area contributed by atoms with Gasteiger partial charge >= 0.3 is 5.97 Å². The molecule has 0 bridgehead atoms. The Morgan fingerprint density at radius 1 is 1.27 bits per heavy atom. The maximum atomic E-state index is 12.7. The molecule has 2 heterocycles. The van der Waals surface area contributed by atoms with Crippen LogP contribution in [-0.4, -0.2) is 32.7 Å². The molecule has 1 unspecified atom stereocenters. The highest BCUT2D eigenvalue weighted by Crippen LogP contribution is 2.23. The summed E-state index contributed by atoms with van der Waals surface area (Å²) in [6.45, 7) is 4.01. The predicted octanol–water partition coefficient (Wildman–Crippen LogP) is 4.08. The number of rotatable bonds is 8. The fourth-order valence-corrected chi connectivity index (χ4v) is 3.72. The van der Waals surface area contributed by atoms with E-state index < -0.39 is 12.0 Å². The fraction of sp³-hybridized carbons (Fsp3) is 0.333. The first-order valence-corrected chi connectivity index (χ1v) is 10.7. The molecule has 3 aromatic rings. The normalized spacial score (nSPS) is 12.0. The number of esters is 1. The van der Waals surface area contributed by atoms with Crippen LogP contribution in [0.2, 0.25) is 5.02 Å². The van der Waals surface area contributed by atoms with Gasteiger partial charge in [0.15, 0.2) is 0 Å². The van der Waals surface area contributed by atoms with Gasteiger partial charge in [-0.05, 0) is 36.6 Å². The lowest BCUT2D eigenvalue weighted by molar-refractivity contribution is -0.147. The van der Waals surface area contributed by atoms with E-state index in [0.717, 1.165) is 10.6 Å². The van der Waals surface area contributed by atoms with Crippen molar-refractivity contribution in [1.82, 2.24) is 20.1 Å². The maximum absolute atomic E-state index is 12.7. The summed E-state index contributed by atoms with van der Waals surface area (Å²) in [7, 11) is 1.84. The molecule has 7 nitrogen and oxygen atoms in total. The van der Waals surface area contributed by atoms with Crippen LogP contribution >= 0.6 is 22.9 Å². The number of hydrogen-bond acceptors (Lipinski definition) is 6. The van der Waals surface area contributed by atoms with Crippen molar-refractivity contribution < 1.29 is 14.3 Å². The van der Waals surface area contributed by atoms with E-state index in [0.29, 0.717) is 22.7 Å². The van der Waals surface area contributed by atoms with Crippen LogP contribution < -0.4 is 5.32 Å². The largest absolute Gasteiger partial charge is 0.458 e. The Morgan fingerprint density at radius 3 is 2.63 bits per heavy atom. The number of thiazole rings is 1. The number of benzene rings is 1. The summed E-state index contributed by atoms with van der Waals surface area (Å²) in [5, 5.41) is 10.1. The second-order valence-electron chi connectivity index (χ2n) is 7.32. The van der Waals surface area contributed by atoms with Gasteiger partial charge in [-0.15, -0.1) is 11.3 Å². The number of hydrogen-bond donors (Lipinski definition) is 1. The van der Waals surface area contributed by atoms with Gasteiger partial charge in [-0.25, -0.2) is 9.78 Å².